The fourth-order valence-corrected chi connectivity index (χ4v) is 6.38. The molecule has 0 atom stereocenters. The van der Waals surface area contributed by atoms with Gasteiger partial charge in [0.25, 0.3) is 5.91 Å². The number of nitrogens with zero attached hydrogens (tertiary/aromatic N) is 6. The summed E-state index contributed by atoms with van der Waals surface area (Å²) in [5.74, 6) is -3.14. The standard InChI is InChI=1S/C29H29F5N6O2/c1-37-6-7-39(25(41)14-37)12-18-8-21-22(23(9-18)29(32,33)34)13-40(26(21)42)20-5-3-4-19(10-20)27(15-28(30,31)16-27)11-24-36-35-17-38(24)2/h3-5,8-10,17H,6-7,11-16H2,1-2H3. The Morgan fingerprint density at radius 3 is 2.40 bits per heavy atom. The molecule has 2 aliphatic heterocycles. The summed E-state index contributed by atoms with van der Waals surface area (Å²) in [6, 6.07) is 9.00. The van der Waals surface area contributed by atoms with E-state index in [1.54, 1.807) is 42.9 Å². The summed E-state index contributed by atoms with van der Waals surface area (Å²) in [4.78, 5) is 30.6. The summed E-state index contributed by atoms with van der Waals surface area (Å²) in [7, 11) is 3.52. The number of rotatable bonds is 6. The molecule has 1 saturated carbocycles. The molecule has 6 rings (SSSR count). The zero-order valence-corrected chi connectivity index (χ0v) is 23.1. The van der Waals surface area contributed by atoms with Crippen LogP contribution in [0.3, 0.4) is 0 Å². The van der Waals surface area contributed by atoms with E-state index in [0.717, 1.165) is 6.07 Å². The van der Waals surface area contributed by atoms with Crippen molar-refractivity contribution in [2.24, 2.45) is 7.05 Å². The Balaban J connectivity index is 1.32. The number of fused-ring (bicyclic) bond motifs is 1. The molecule has 0 spiro atoms. The van der Waals surface area contributed by atoms with E-state index < -0.39 is 41.8 Å². The van der Waals surface area contributed by atoms with Gasteiger partial charge in [-0.1, -0.05) is 12.1 Å². The van der Waals surface area contributed by atoms with Gasteiger partial charge in [-0.3, -0.25) is 14.5 Å². The van der Waals surface area contributed by atoms with Gasteiger partial charge in [-0.2, -0.15) is 13.2 Å². The highest BCUT2D eigenvalue weighted by Crippen LogP contribution is 2.55. The summed E-state index contributed by atoms with van der Waals surface area (Å²) in [5, 5.41) is 7.90. The molecule has 0 N–H and O–H groups in total. The van der Waals surface area contributed by atoms with Crippen molar-refractivity contribution in [3.8, 4) is 0 Å². The van der Waals surface area contributed by atoms with E-state index in [1.165, 1.54) is 22.2 Å². The van der Waals surface area contributed by atoms with Gasteiger partial charge < -0.3 is 14.4 Å². The van der Waals surface area contributed by atoms with Crippen LogP contribution in [0, 0.1) is 0 Å². The Morgan fingerprint density at radius 2 is 1.76 bits per heavy atom. The highest BCUT2D eigenvalue weighted by molar-refractivity contribution is 6.10. The van der Waals surface area contributed by atoms with E-state index in [-0.39, 0.29) is 48.7 Å². The molecular formula is C29H29F5N6O2. The van der Waals surface area contributed by atoms with Crippen molar-refractivity contribution in [1.29, 1.82) is 0 Å². The molecule has 3 heterocycles. The number of carbonyl (C=O) groups excluding carboxylic acids is 2. The smallest absolute Gasteiger partial charge is 0.336 e. The van der Waals surface area contributed by atoms with Gasteiger partial charge in [-0.15, -0.1) is 10.2 Å². The van der Waals surface area contributed by atoms with Crippen LogP contribution in [0.15, 0.2) is 42.7 Å². The van der Waals surface area contributed by atoms with Gasteiger partial charge in [0, 0.05) is 62.6 Å². The van der Waals surface area contributed by atoms with Crippen LogP contribution >= 0.6 is 0 Å². The molecule has 8 nitrogen and oxygen atoms in total. The zero-order chi connectivity index (χ0) is 30.0. The molecule has 0 unspecified atom stereocenters. The molecule has 2 amide bonds. The monoisotopic (exact) mass is 588 g/mol. The minimum Gasteiger partial charge on any atom is -0.336 e. The molecule has 1 aromatic heterocycles. The lowest BCUT2D eigenvalue weighted by Gasteiger charge is -2.48. The van der Waals surface area contributed by atoms with E-state index in [0.29, 0.717) is 30.2 Å². The molecule has 222 valence electrons. The van der Waals surface area contributed by atoms with Crippen LogP contribution in [0.4, 0.5) is 27.6 Å². The molecule has 13 heteroatoms. The van der Waals surface area contributed by atoms with Crippen molar-refractivity contribution in [2.45, 2.75) is 49.9 Å². The predicted octanol–water partition coefficient (Wildman–Crippen LogP) is 4.18. The predicted molar refractivity (Wildman–Crippen MR) is 142 cm³/mol. The normalized spacial score (nSPS) is 20.2. The molecule has 1 aliphatic carbocycles. The fourth-order valence-electron chi connectivity index (χ4n) is 6.38. The molecule has 2 aromatic carbocycles. The topological polar surface area (TPSA) is 74.6 Å². The first-order valence-corrected chi connectivity index (χ1v) is 13.6. The lowest BCUT2D eigenvalue weighted by Crippen LogP contribution is -2.51. The lowest BCUT2D eigenvalue weighted by molar-refractivity contribution is -0.138. The number of likely N-dealkylation sites (N-methyl/N-ethyl adjacent to an activating group) is 1. The quantitative estimate of drug-likeness (QED) is 0.404. The number of alkyl halides is 5. The zero-order valence-electron chi connectivity index (χ0n) is 23.1. The first-order chi connectivity index (χ1) is 19.7. The number of halogens is 5. The van der Waals surface area contributed by atoms with E-state index in [2.05, 4.69) is 10.2 Å². The van der Waals surface area contributed by atoms with Gasteiger partial charge in [-0.25, -0.2) is 8.78 Å². The number of anilines is 1. The maximum absolute atomic E-state index is 14.3. The summed E-state index contributed by atoms with van der Waals surface area (Å²) in [6.45, 7) is 0.785. The number of hydrogen-bond acceptors (Lipinski definition) is 5. The number of aryl methyl sites for hydroxylation is 1. The van der Waals surface area contributed by atoms with Crippen LogP contribution in [0.2, 0.25) is 0 Å². The summed E-state index contributed by atoms with van der Waals surface area (Å²) in [6.07, 6.45) is -3.87. The van der Waals surface area contributed by atoms with E-state index in [1.807, 2.05) is 4.90 Å². The van der Waals surface area contributed by atoms with Gasteiger partial charge >= 0.3 is 6.18 Å². The van der Waals surface area contributed by atoms with Crippen LogP contribution in [0.1, 0.15) is 51.3 Å². The maximum atomic E-state index is 14.3. The fraction of sp³-hybridized carbons (Fsp3) is 0.448. The highest BCUT2D eigenvalue weighted by Gasteiger charge is 2.57. The number of carbonyl (C=O) groups is 2. The number of hydrogen-bond donors (Lipinski definition) is 0. The van der Waals surface area contributed by atoms with Crippen LogP contribution in [-0.4, -0.2) is 69.0 Å². The van der Waals surface area contributed by atoms with Crippen LogP contribution in [0.5, 0.6) is 0 Å². The Hall–Kier alpha value is -3.87. The van der Waals surface area contributed by atoms with Crippen molar-refractivity contribution in [3.05, 3.63) is 76.4 Å². The van der Waals surface area contributed by atoms with Crippen molar-refractivity contribution in [1.82, 2.24) is 24.6 Å². The van der Waals surface area contributed by atoms with Gasteiger partial charge in [0.05, 0.1) is 18.7 Å². The lowest BCUT2D eigenvalue weighted by atomic mass is 9.60. The Bertz CT molecular complexity index is 1560. The second-order valence-electron chi connectivity index (χ2n) is 11.7. The molecule has 42 heavy (non-hydrogen) atoms. The van der Waals surface area contributed by atoms with Crippen molar-refractivity contribution in [3.63, 3.8) is 0 Å². The highest BCUT2D eigenvalue weighted by atomic mass is 19.4. The molecule has 0 bridgehead atoms. The van der Waals surface area contributed by atoms with Crippen LogP contribution in [-0.2, 0) is 42.9 Å². The molecular weight excluding hydrogens is 559 g/mol. The first kappa shape index (κ1) is 28.3. The number of piperazine rings is 1. The van der Waals surface area contributed by atoms with E-state index >= 15 is 0 Å². The summed E-state index contributed by atoms with van der Waals surface area (Å²) < 4.78 is 72.9. The van der Waals surface area contributed by atoms with Crippen molar-refractivity contribution >= 4 is 17.5 Å². The number of aromatic nitrogens is 3. The molecule has 2 fully saturated rings. The summed E-state index contributed by atoms with van der Waals surface area (Å²) >= 11 is 0. The van der Waals surface area contributed by atoms with Gasteiger partial charge in [0.15, 0.2) is 0 Å². The third-order valence-electron chi connectivity index (χ3n) is 8.56. The largest absolute Gasteiger partial charge is 0.416 e. The second-order valence-corrected chi connectivity index (χ2v) is 11.7. The van der Waals surface area contributed by atoms with E-state index in [4.69, 9.17) is 0 Å². The third-order valence-corrected chi connectivity index (χ3v) is 8.56. The Morgan fingerprint density at radius 1 is 1.00 bits per heavy atom. The van der Waals surface area contributed by atoms with Crippen molar-refractivity contribution < 1.29 is 31.5 Å². The maximum Gasteiger partial charge on any atom is 0.416 e. The Labute approximate surface area is 238 Å². The van der Waals surface area contributed by atoms with Gasteiger partial charge in [0.2, 0.25) is 11.8 Å². The molecule has 0 radical (unpaired) electrons. The average Bonchev–Trinajstić information content (AvgIpc) is 3.45. The minimum absolute atomic E-state index is 0.0371. The number of amides is 2. The molecule has 3 aromatic rings. The van der Waals surface area contributed by atoms with Gasteiger partial charge in [-0.05, 0) is 48.0 Å². The minimum atomic E-state index is -4.72. The molecule has 1 saturated heterocycles. The second kappa shape index (κ2) is 9.85. The summed E-state index contributed by atoms with van der Waals surface area (Å²) in [5.41, 5.74) is -0.988. The third kappa shape index (κ3) is 5.03. The Kier molecular flexibility index (Phi) is 6.63. The molecule has 3 aliphatic rings. The number of benzene rings is 2. The van der Waals surface area contributed by atoms with E-state index in [9.17, 15) is 31.5 Å². The van der Waals surface area contributed by atoms with Crippen LogP contribution in [0.25, 0.3) is 0 Å². The van der Waals surface area contributed by atoms with Gasteiger partial charge in [0.1, 0.15) is 12.2 Å². The SMILES string of the molecule is CN1CCN(Cc2cc3c(c(C(F)(F)F)c2)CN(c2cccc(C4(Cc5nncn5C)CC(F)(F)C4)c2)C3=O)C(=O)C1. The van der Waals surface area contributed by atoms with Crippen molar-refractivity contribution in [2.75, 3.05) is 31.6 Å². The van der Waals surface area contributed by atoms with Crippen LogP contribution < -0.4 is 4.90 Å². The first-order valence-electron chi connectivity index (χ1n) is 13.6. The average molecular weight is 589 g/mol.